The SMILES string of the molecule is COC(=O)c1ccc([N+](=O)[O-])c(NCCCc2ncc[nH]2)n1. The predicted octanol–water partition coefficient (Wildman–Crippen LogP) is 1.54. The van der Waals surface area contributed by atoms with Gasteiger partial charge in [-0.2, -0.15) is 0 Å². The average molecular weight is 305 g/mol. The van der Waals surface area contributed by atoms with Crippen molar-refractivity contribution in [1.29, 1.82) is 0 Å². The Balaban J connectivity index is 2.03. The number of ether oxygens (including phenoxy) is 1. The summed E-state index contributed by atoms with van der Waals surface area (Å²) in [5, 5.41) is 13.9. The largest absolute Gasteiger partial charge is 0.464 e. The Morgan fingerprint density at radius 1 is 1.50 bits per heavy atom. The Morgan fingerprint density at radius 2 is 2.32 bits per heavy atom. The number of carbonyl (C=O) groups excluding carboxylic acids is 1. The van der Waals surface area contributed by atoms with E-state index in [0.29, 0.717) is 19.4 Å². The molecule has 0 saturated carbocycles. The van der Waals surface area contributed by atoms with Crippen LogP contribution in [0.3, 0.4) is 0 Å². The molecule has 2 aromatic heterocycles. The highest BCUT2D eigenvalue weighted by Crippen LogP contribution is 2.22. The number of esters is 1. The molecule has 0 atom stereocenters. The maximum atomic E-state index is 11.4. The van der Waals surface area contributed by atoms with E-state index in [4.69, 9.17) is 0 Å². The average Bonchev–Trinajstić information content (AvgIpc) is 3.03. The summed E-state index contributed by atoms with van der Waals surface area (Å²) in [4.78, 5) is 32.9. The third-order valence-corrected chi connectivity index (χ3v) is 2.90. The van der Waals surface area contributed by atoms with Gasteiger partial charge in [-0.25, -0.2) is 14.8 Å². The predicted molar refractivity (Wildman–Crippen MR) is 77.6 cm³/mol. The first-order chi connectivity index (χ1) is 10.6. The van der Waals surface area contributed by atoms with Crippen molar-refractivity contribution in [2.24, 2.45) is 0 Å². The Bertz CT molecular complexity index is 656. The molecule has 0 bridgehead atoms. The van der Waals surface area contributed by atoms with Crippen LogP contribution in [-0.2, 0) is 11.2 Å². The van der Waals surface area contributed by atoms with E-state index in [2.05, 4.69) is 25.0 Å². The highest BCUT2D eigenvalue weighted by molar-refractivity contribution is 5.88. The van der Waals surface area contributed by atoms with Gasteiger partial charge in [0.05, 0.1) is 12.0 Å². The first-order valence-electron chi connectivity index (χ1n) is 6.57. The van der Waals surface area contributed by atoms with Crippen molar-refractivity contribution in [3.8, 4) is 0 Å². The molecule has 9 heteroatoms. The fourth-order valence-corrected chi connectivity index (χ4v) is 1.84. The minimum Gasteiger partial charge on any atom is -0.464 e. The van der Waals surface area contributed by atoms with Gasteiger partial charge in [0.1, 0.15) is 5.82 Å². The Hall–Kier alpha value is -2.97. The second kappa shape index (κ2) is 7.16. The highest BCUT2D eigenvalue weighted by Gasteiger charge is 2.18. The molecule has 2 rings (SSSR count). The summed E-state index contributed by atoms with van der Waals surface area (Å²) >= 11 is 0. The van der Waals surface area contributed by atoms with Crippen LogP contribution >= 0.6 is 0 Å². The normalized spacial score (nSPS) is 10.2. The molecule has 2 aromatic rings. The summed E-state index contributed by atoms with van der Waals surface area (Å²) in [5.74, 6) is 0.244. The maximum Gasteiger partial charge on any atom is 0.356 e. The zero-order valence-corrected chi connectivity index (χ0v) is 11.9. The van der Waals surface area contributed by atoms with Crippen LogP contribution in [0.4, 0.5) is 11.5 Å². The smallest absolute Gasteiger partial charge is 0.356 e. The third kappa shape index (κ3) is 3.78. The van der Waals surface area contributed by atoms with E-state index < -0.39 is 10.9 Å². The van der Waals surface area contributed by atoms with Crippen LogP contribution in [0, 0.1) is 10.1 Å². The number of hydrogen-bond acceptors (Lipinski definition) is 7. The molecule has 0 aliphatic rings. The van der Waals surface area contributed by atoms with Gasteiger partial charge in [-0.05, 0) is 12.5 Å². The molecule has 0 aliphatic heterocycles. The van der Waals surface area contributed by atoms with Crippen LogP contribution in [0.25, 0.3) is 0 Å². The molecule has 0 amide bonds. The van der Waals surface area contributed by atoms with E-state index in [9.17, 15) is 14.9 Å². The molecule has 0 saturated heterocycles. The van der Waals surface area contributed by atoms with Crippen molar-refractivity contribution < 1.29 is 14.5 Å². The van der Waals surface area contributed by atoms with E-state index in [1.54, 1.807) is 12.4 Å². The van der Waals surface area contributed by atoms with Gasteiger partial charge in [0.25, 0.3) is 0 Å². The Labute approximate surface area is 125 Å². The Morgan fingerprint density at radius 3 is 2.95 bits per heavy atom. The van der Waals surface area contributed by atoms with Crippen molar-refractivity contribution in [2.45, 2.75) is 12.8 Å². The number of nitro groups is 1. The van der Waals surface area contributed by atoms with Crippen molar-refractivity contribution in [3.05, 3.63) is 46.2 Å². The number of nitrogens with zero attached hydrogens (tertiary/aromatic N) is 3. The van der Waals surface area contributed by atoms with Crippen LogP contribution in [0.2, 0.25) is 0 Å². The standard InChI is InChI=1S/C13H15N5O4/c1-22-13(19)9-4-5-10(18(20)21)12(17-9)16-6-2-3-11-14-7-8-15-11/h4-5,7-8H,2-3,6H2,1H3,(H,14,15)(H,16,17). The summed E-state index contributed by atoms with van der Waals surface area (Å²) < 4.78 is 4.55. The van der Waals surface area contributed by atoms with E-state index in [-0.39, 0.29) is 17.2 Å². The fourth-order valence-electron chi connectivity index (χ4n) is 1.84. The molecule has 0 aromatic carbocycles. The van der Waals surface area contributed by atoms with Gasteiger partial charge in [-0.1, -0.05) is 0 Å². The van der Waals surface area contributed by atoms with Crippen LogP contribution < -0.4 is 5.32 Å². The second-order valence-corrected chi connectivity index (χ2v) is 4.38. The molecule has 2 N–H and O–H groups in total. The molecular formula is C13H15N5O4. The molecule has 116 valence electrons. The van der Waals surface area contributed by atoms with Gasteiger partial charge in [0.2, 0.25) is 5.82 Å². The van der Waals surface area contributed by atoms with Gasteiger partial charge >= 0.3 is 11.7 Å². The zero-order valence-electron chi connectivity index (χ0n) is 11.9. The number of methoxy groups -OCH3 is 1. The summed E-state index contributed by atoms with van der Waals surface area (Å²) in [6.45, 7) is 0.458. The van der Waals surface area contributed by atoms with E-state index >= 15 is 0 Å². The molecule has 0 aliphatic carbocycles. The van der Waals surface area contributed by atoms with Gasteiger partial charge in [-0.15, -0.1) is 0 Å². The molecule has 0 radical (unpaired) electrons. The van der Waals surface area contributed by atoms with E-state index in [1.807, 2.05) is 0 Å². The monoisotopic (exact) mass is 305 g/mol. The van der Waals surface area contributed by atoms with Gasteiger partial charge in [-0.3, -0.25) is 10.1 Å². The number of aromatic amines is 1. The van der Waals surface area contributed by atoms with Crippen molar-refractivity contribution in [1.82, 2.24) is 15.0 Å². The number of imidazole rings is 1. The first-order valence-corrected chi connectivity index (χ1v) is 6.57. The zero-order chi connectivity index (χ0) is 15.9. The number of H-pyrrole nitrogens is 1. The topological polar surface area (TPSA) is 123 Å². The second-order valence-electron chi connectivity index (χ2n) is 4.38. The van der Waals surface area contributed by atoms with Crippen LogP contribution in [0.1, 0.15) is 22.7 Å². The van der Waals surface area contributed by atoms with Crippen LogP contribution in [0.15, 0.2) is 24.5 Å². The molecule has 22 heavy (non-hydrogen) atoms. The number of carbonyl (C=O) groups is 1. The summed E-state index contributed by atoms with van der Waals surface area (Å²) in [6.07, 6.45) is 4.79. The number of pyridine rings is 1. The minimum absolute atomic E-state index is 0.0154. The quantitative estimate of drug-likeness (QED) is 0.344. The molecule has 0 fully saturated rings. The first kappa shape index (κ1) is 15.4. The highest BCUT2D eigenvalue weighted by atomic mass is 16.6. The molecule has 9 nitrogen and oxygen atoms in total. The lowest BCUT2D eigenvalue weighted by Crippen LogP contribution is -2.11. The maximum absolute atomic E-state index is 11.4. The molecule has 2 heterocycles. The summed E-state index contributed by atoms with van der Waals surface area (Å²) in [7, 11) is 1.22. The lowest BCUT2D eigenvalue weighted by molar-refractivity contribution is -0.384. The van der Waals surface area contributed by atoms with Gasteiger partial charge in [0, 0.05) is 31.4 Å². The fraction of sp³-hybridized carbons (Fsp3) is 0.308. The number of hydrogen-bond donors (Lipinski definition) is 2. The number of anilines is 1. The van der Waals surface area contributed by atoms with E-state index in [0.717, 1.165) is 5.82 Å². The lowest BCUT2D eigenvalue weighted by atomic mass is 10.3. The minimum atomic E-state index is -0.645. The molecular weight excluding hydrogens is 290 g/mol. The number of aryl methyl sites for hydroxylation is 1. The lowest BCUT2D eigenvalue weighted by Gasteiger charge is -2.07. The van der Waals surface area contributed by atoms with Gasteiger partial charge < -0.3 is 15.0 Å². The summed E-state index contributed by atoms with van der Waals surface area (Å²) in [5.41, 5.74) is -0.174. The van der Waals surface area contributed by atoms with Crippen LogP contribution in [-0.4, -0.2) is 39.5 Å². The Kier molecular flexibility index (Phi) is 5.02. The van der Waals surface area contributed by atoms with Crippen molar-refractivity contribution in [2.75, 3.05) is 19.0 Å². The number of rotatable bonds is 7. The van der Waals surface area contributed by atoms with Gasteiger partial charge in [0.15, 0.2) is 5.69 Å². The van der Waals surface area contributed by atoms with E-state index in [1.165, 1.54) is 19.2 Å². The molecule has 0 spiro atoms. The third-order valence-electron chi connectivity index (χ3n) is 2.90. The van der Waals surface area contributed by atoms with Crippen LogP contribution in [0.5, 0.6) is 0 Å². The number of nitrogens with one attached hydrogen (secondary N) is 2. The summed E-state index contributed by atoms with van der Waals surface area (Å²) in [6, 6.07) is 2.49. The van der Waals surface area contributed by atoms with Crippen molar-refractivity contribution in [3.63, 3.8) is 0 Å². The number of aromatic nitrogens is 3. The molecule has 0 unspecified atom stereocenters. The van der Waals surface area contributed by atoms with Crippen molar-refractivity contribution >= 4 is 17.5 Å².